The Morgan fingerprint density at radius 2 is 1.89 bits per heavy atom. The molecule has 154 valence electrons. The lowest BCUT2D eigenvalue weighted by Crippen LogP contribution is -2.23. The number of hydrogen-bond donors (Lipinski definition) is 2. The molecule has 2 rings (SSSR count). The van der Waals surface area contributed by atoms with Crippen LogP contribution < -0.4 is 5.32 Å². The first kappa shape index (κ1) is 22.1. The second kappa shape index (κ2) is 8.46. The van der Waals surface area contributed by atoms with Gasteiger partial charge in [0, 0.05) is 24.7 Å². The van der Waals surface area contributed by atoms with Crippen LogP contribution in [0.4, 0.5) is 0 Å². The predicted octanol–water partition coefficient (Wildman–Crippen LogP) is 2.44. The molecule has 28 heavy (non-hydrogen) atoms. The Bertz CT molecular complexity index is 987. The third-order valence-electron chi connectivity index (χ3n) is 4.01. The molecule has 0 unspecified atom stereocenters. The fourth-order valence-corrected chi connectivity index (χ4v) is 5.05. The minimum atomic E-state index is -3.49. The van der Waals surface area contributed by atoms with Gasteiger partial charge in [0.15, 0.2) is 0 Å². The summed E-state index contributed by atoms with van der Waals surface area (Å²) in [5, 5.41) is 2.75. The van der Waals surface area contributed by atoms with Crippen molar-refractivity contribution >= 4 is 33.2 Å². The number of amides is 1. The number of ether oxygens (including phenoxy) is 1. The molecule has 0 radical (unpaired) electrons. The molecule has 2 heterocycles. The number of aryl methyl sites for hydroxylation is 1. The van der Waals surface area contributed by atoms with Gasteiger partial charge in [-0.15, -0.1) is 11.3 Å². The Kier molecular flexibility index (Phi) is 6.68. The van der Waals surface area contributed by atoms with Crippen LogP contribution in [-0.2, 0) is 21.3 Å². The highest BCUT2D eigenvalue weighted by Gasteiger charge is 2.24. The van der Waals surface area contributed by atoms with Crippen LogP contribution in [0.5, 0.6) is 0 Å². The molecule has 0 saturated heterocycles. The van der Waals surface area contributed by atoms with Gasteiger partial charge in [-0.3, -0.25) is 4.79 Å². The lowest BCUT2D eigenvalue weighted by molar-refractivity contribution is 0.0376. The number of rotatable bonds is 7. The van der Waals surface area contributed by atoms with Gasteiger partial charge in [-0.05, 0) is 45.4 Å². The van der Waals surface area contributed by atoms with E-state index in [2.05, 4.69) is 10.3 Å². The normalized spacial score (nSPS) is 11.9. The minimum absolute atomic E-state index is 0.176. The summed E-state index contributed by atoms with van der Waals surface area (Å²) in [6.45, 7) is 7.08. The van der Waals surface area contributed by atoms with E-state index in [-0.39, 0.29) is 28.5 Å². The molecule has 0 aliphatic rings. The van der Waals surface area contributed by atoms with Gasteiger partial charge in [0.2, 0.25) is 0 Å². The Balaban J connectivity index is 2.13. The zero-order valence-corrected chi connectivity index (χ0v) is 18.4. The Morgan fingerprint density at radius 1 is 1.25 bits per heavy atom. The van der Waals surface area contributed by atoms with Gasteiger partial charge in [0.25, 0.3) is 15.9 Å². The Morgan fingerprint density at radius 3 is 2.46 bits per heavy atom. The molecule has 0 atom stereocenters. The zero-order valence-electron chi connectivity index (χ0n) is 16.7. The highest BCUT2D eigenvalue weighted by Crippen LogP contribution is 2.24. The minimum Gasteiger partial charge on any atom is -0.459 e. The molecule has 8 nitrogen and oxygen atoms in total. The van der Waals surface area contributed by atoms with Gasteiger partial charge in [0.1, 0.15) is 9.90 Å². The molecule has 2 aromatic heterocycles. The highest BCUT2D eigenvalue weighted by molar-refractivity contribution is 7.91. The number of H-pyrrole nitrogens is 1. The second-order valence-corrected chi connectivity index (χ2v) is 10.3. The second-order valence-electron chi connectivity index (χ2n) is 6.77. The van der Waals surface area contributed by atoms with Crippen molar-refractivity contribution < 1.29 is 22.7 Å². The van der Waals surface area contributed by atoms with Gasteiger partial charge >= 0.3 is 5.97 Å². The molecule has 0 spiro atoms. The smallest absolute Gasteiger partial charge is 0.340 e. The van der Waals surface area contributed by atoms with Crippen LogP contribution in [-0.4, -0.2) is 49.8 Å². The first-order valence-corrected chi connectivity index (χ1v) is 10.9. The average molecular weight is 428 g/mol. The third-order valence-corrected chi connectivity index (χ3v) is 7.37. The number of hydrogen-bond acceptors (Lipinski definition) is 6. The van der Waals surface area contributed by atoms with Crippen molar-refractivity contribution in [1.29, 1.82) is 0 Å². The first-order valence-electron chi connectivity index (χ1n) is 8.64. The van der Waals surface area contributed by atoms with E-state index in [1.165, 1.54) is 20.2 Å². The number of sulfonamides is 1. The topological polar surface area (TPSA) is 109 Å². The number of carbonyl (C=O) groups excluding carboxylic acids is 2. The van der Waals surface area contributed by atoms with Gasteiger partial charge in [-0.2, -0.15) is 0 Å². The number of carbonyl (C=O) groups is 2. The third kappa shape index (κ3) is 4.62. The van der Waals surface area contributed by atoms with Crippen molar-refractivity contribution in [3.63, 3.8) is 0 Å². The first-order chi connectivity index (χ1) is 12.9. The number of thiophene rings is 1. The summed E-state index contributed by atoms with van der Waals surface area (Å²) in [5.41, 5.74) is 1.71. The quantitative estimate of drug-likeness (QED) is 0.660. The lowest BCUT2D eigenvalue weighted by atomic mass is 10.1. The van der Waals surface area contributed by atoms with E-state index in [1.807, 2.05) is 0 Å². The van der Waals surface area contributed by atoms with Crippen molar-refractivity contribution in [3.05, 3.63) is 39.5 Å². The number of aromatic amines is 1. The largest absolute Gasteiger partial charge is 0.459 e. The fourth-order valence-electron chi connectivity index (χ4n) is 2.58. The molecule has 1 amide bonds. The molecule has 10 heteroatoms. The molecule has 0 aromatic carbocycles. The van der Waals surface area contributed by atoms with Crippen molar-refractivity contribution in [1.82, 2.24) is 14.6 Å². The van der Waals surface area contributed by atoms with Crippen molar-refractivity contribution in [2.24, 2.45) is 0 Å². The Hall–Kier alpha value is -2.17. The maximum atomic E-state index is 12.5. The van der Waals surface area contributed by atoms with Crippen LogP contribution in [0.1, 0.15) is 50.8 Å². The monoisotopic (exact) mass is 427 g/mol. The summed E-state index contributed by atoms with van der Waals surface area (Å²) in [4.78, 5) is 28.4. The SMILES string of the molecule is Cc1[nH]c(C(=O)NCc2ccc(S(=O)(=O)N(C)C)s2)c(C)c1C(=O)OC(C)C. The van der Waals surface area contributed by atoms with Crippen LogP contribution in [0, 0.1) is 13.8 Å². The van der Waals surface area contributed by atoms with E-state index in [4.69, 9.17) is 4.74 Å². The van der Waals surface area contributed by atoms with Gasteiger partial charge < -0.3 is 15.0 Å². The summed E-state index contributed by atoms with van der Waals surface area (Å²) >= 11 is 1.10. The molecule has 2 aromatic rings. The molecule has 2 N–H and O–H groups in total. The molecule has 0 saturated carbocycles. The summed E-state index contributed by atoms with van der Waals surface area (Å²) < 4.78 is 30.8. The predicted molar refractivity (Wildman–Crippen MR) is 107 cm³/mol. The number of nitrogens with one attached hydrogen (secondary N) is 2. The fraction of sp³-hybridized carbons (Fsp3) is 0.444. The molecule has 0 fully saturated rings. The van der Waals surface area contributed by atoms with Crippen molar-refractivity contribution in [2.75, 3.05) is 14.1 Å². The molecular formula is C18H25N3O5S2. The maximum Gasteiger partial charge on any atom is 0.340 e. The summed E-state index contributed by atoms with van der Waals surface area (Å²) in [5.74, 6) is -0.855. The van der Waals surface area contributed by atoms with Gasteiger partial charge in [-0.1, -0.05) is 0 Å². The highest BCUT2D eigenvalue weighted by atomic mass is 32.2. The van der Waals surface area contributed by atoms with E-state index in [9.17, 15) is 18.0 Å². The van der Waals surface area contributed by atoms with E-state index in [1.54, 1.807) is 33.8 Å². The lowest BCUT2D eigenvalue weighted by Gasteiger charge is -2.08. The maximum absolute atomic E-state index is 12.5. The van der Waals surface area contributed by atoms with E-state index < -0.39 is 16.0 Å². The van der Waals surface area contributed by atoms with Crippen LogP contribution in [0.25, 0.3) is 0 Å². The summed E-state index contributed by atoms with van der Waals surface area (Å²) in [6.07, 6.45) is -0.259. The number of nitrogens with zero attached hydrogens (tertiary/aromatic N) is 1. The van der Waals surface area contributed by atoms with Crippen molar-refractivity contribution in [3.8, 4) is 0 Å². The van der Waals surface area contributed by atoms with Crippen LogP contribution in [0.15, 0.2) is 16.3 Å². The number of esters is 1. The van der Waals surface area contributed by atoms with E-state index >= 15 is 0 Å². The Labute approximate surface area is 168 Å². The van der Waals surface area contributed by atoms with Crippen molar-refractivity contribution in [2.45, 2.75) is 44.6 Å². The van der Waals surface area contributed by atoms with Crippen LogP contribution in [0.3, 0.4) is 0 Å². The number of aromatic nitrogens is 1. The summed E-state index contributed by atoms with van der Waals surface area (Å²) in [7, 11) is -0.560. The van der Waals surface area contributed by atoms with Crippen LogP contribution in [0.2, 0.25) is 0 Å². The van der Waals surface area contributed by atoms with E-state index in [0.717, 1.165) is 15.6 Å². The molecular weight excluding hydrogens is 402 g/mol. The summed E-state index contributed by atoms with van der Waals surface area (Å²) in [6, 6.07) is 3.19. The van der Waals surface area contributed by atoms with Gasteiger partial charge in [-0.25, -0.2) is 17.5 Å². The molecule has 0 aliphatic carbocycles. The van der Waals surface area contributed by atoms with Gasteiger partial charge in [0.05, 0.1) is 18.2 Å². The van der Waals surface area contributed by atoms with E-state index in [0.29, 0.717) is 21.7 Å². The average Bonchev–Trinajstić information content (AvgIpc) is 3.16. The molecule has 0 bridgehead atoms. The standard InChI is InChI=1S/C18H25N3O5S2/c1-10(2)26-18(23)15-11(3)16(20-12(15)4)17(22)19-9-13-7-8-14(27-13)28(24,25)21(5)6/h7-8,10,20H,9H2,1-6H3,(H,19,22). The van der Waals surface area contributed by atoms with Crippen LogP contribution >= 0.6 is 11.3 Å². The molecule has 0 aliphatic heterocycles. The zero-order chi connectivity index (χ0) is 21.2.